The van der Waals surface area contributed by atoms with Crippen LogP contribution in [0.2, 0.25) is 0 Å². The van der Waals surface area contributed by atoms with Crippen LogP contribution in [0.4, 0.5) is 0 Å². The van der Waals surface area contributed by atoms with Gasteiger partial charge in [0.25, 0.3) is 0 Å². The zero-order valence-corrected chi connectivity index (χ0v) is 73.7. The van der Waals surface area contributed by atoms with Gasteiger partial charge in [-0.05, 0) is 114 Å². The lowest BCUT2D eigenvalue weighted by atomic mass is 9.79. The van der Waals surface area contributed by atoms with Gasteiger partial charge in [0, 0.05) is 92.8 Å². The lowest BCUT2D eigenvalue weighted by molar-refractivity contribution is 0.304. The first-order chi connectivity index (χ1) is 55.5. The van der Waals surface area contributed by atoms with Crippen molar-refractivity contribution >= 4 is 71.0 Å². The Bertz CT molecular complexity index is 4560. The molecule has 116 heavy (non-hydrogen) atoms. The molecule has 600 valence electrons. The molecule has 0 unspecified atom stereocenters. The molecule has 13 rings (SSSR count). The summed E-state index contributed by atoms with van der Waals surface area (Å²) >= 11 is 0. The minimum Gasteiger partial charge on any atom is -0.493 e. The van der Waals surface area contributed by atoms with E-state index in [9.17, 15) is 0 Å². The maximum absolute atomic E-state index is 15.9. The van der Waals surface area contributed by atoms with Gasteiger partial charge in [-0.1, -0.05) is 374 Å². The van der Waals surface area contributed by atoms with Gasteiger partial charge in [0.05, 0.1) is 26.4 Å². The van der Waals surface area contributed by atoms with Crippen LogP contribution in [-0.4, -0.2) is 51.1 Å². The van der Waals surface area contributed by atoms with Crippen molar-refractivity contribution in [3.63, 3.8) is 0 Å². The van der Waals surface area contributed by atoms with Crippen molar-refractivity contribution in [3.8, 4) is 23.0 Å². The topological polar surface area (TPSA) is 105 Å². The number of benzene rings is 12. The van der Waals surface area contributed by atoms with E-state index >= 15 is 18.3 Å². The maximum Gasteiger partial charge on any atom is 0.143 e. The molecule has 0 saturated carbocycles. The van der Waals surface area contributed by atoms with Gasteiger partial charge in [0.1, 0.15) is 51.6 Å². The Labute approximate surface area is 691 Å². The van der Waals surface area contributed by atoms with E-state index in [4.69, 9.17) is 18.9 Å². The van der Waals surface area contributed by atoms with Crippen LogP contribution in [-0.2, 0) is 65.6 Å². The molecule has 0 aromatic heterocycles. The van der Waals surface area contributed by atoms with Gasteiger partial charge < -0.3 is 37.2 Å². The molecule has 0 fully saturated rings. The van der Waals surface area contributed by atoms with Crippen LogP contribution in [0, 0.1) is 0 Å². The molecule has 12 aromatic rings. The molecule has 0 heterocycles. The Morgan fingerprint density at radius 1 is 0.216 bits per heavy atom. The van der Waals surface area contributed by atoms with Crippen molar-refractivity contribution in [1.29, 1.82) is 0 Å². The molecule has 8 nitrogen and oxygen atoms in total. The third kappa shape index (κ3) is 19.8. The standard InChI is InChI=1S/C104H116O8P4/c1-101(2,3)85-69-77-65-79-71-86(102(4,5)6)73-81(98(79)110-58-38-62-114(106,91-45-25-15-26-46-91)92-47-27-16-28-48-92)67-83-75-88(104(10,11)12)76-84(100(83)112-60-40-64-116(108,95-53-33-19-34-54-95)96-55-35-20-36-56-96)68-82-74-87(103(7,8)9)72-80(99(82)111-59-39-63-115(107,93-49-29-17-30-50-93)94-51-31-18-32-52-94)66-78(70-85)97(77)109-57-37-61-113(105,89-41-21-13-22-42-89)90-43-23-14-24-44-90/h13-36,41-56,69-76H,37-40,57-68H2,1-12H3. The van der Waals surface area contributed by atoms with E-state index < -0.39 is 28.6 Å². The summed E-state index contributed by atoms with van der Waals surface area (Å²) in [5, 5.41) is 6.55. The molecule has 0 N–H and O–H groups in total. The Morgan fingerprint density at radius 2 is 0.345 bits per heavy atom. The van der Waals surface area contributed by atoms with Crippen LogP contribution in [0.3, 0.4) is 0 Å². The molecular formula is C104H116O8P4. The highest BCUT2D eigenvalue weighted by Gasteiger charge is 2.35. The molecule has 0 atom stereocenters. The van der Waals surface area contributed by atoms with Crippen molar-refractivity contribution in [1.82, 2.24) is 0 Å². The van der Waals surface area contributed by atoms with E-state index in [2.05, 4.69) is 132 Å². The van der Waals surface area contributed by atoms with Crippen LogP contribution < -0.4 is 61.4 Å². The molecule has 0 radical (unpaired) electrons. The van der Waals surface area contributed by atoms with Crippen LogP contribution in [0.15, 0.2) is 291 Å². The quantitative estimate of drug-likeness (QED) is 0.0353. The second-order valence-electron chi connectivity index (χ2n) is 35.5. The minimum absolute atomic E-state index is 0.279. The monoisotopic (exact) mass is 1620 g/mol. The van der Waals surface area contributed by atoms with Crippen molar-refractivity contribution in [3.05, 3.63) is 358 Å². The summed E-state index contributed by atoms with van der Waals surface area (Å²) in [5.41, 5.74) is 11.1. The van der Waals surface area contributed by atoms with Crippen LogP contribution in [0.25, 0.3) is 0 Å². The van der Waals surface area contributed by atoms with E-state index in [-0.39, 0.29) is 48.1 Å². The number of ether oxygens (including phenoxy) is 4. The molecule has 12 heteroatoms. The number of hydrogen-bond donors (Lipinski definition) is 0. The van der Waals surface area contributed by atoms with Crippen LogP contribution in [0.1, 0.15) is 176 Å². The maximum atomic E-state index is 15.9. The van der Waals surface area contributed by atoms with Crippen molar-refractivity contribution in [2.75, 3.05) is 51.1 Å². The molecule has 8 bridgehead atoms. The van der Waals surface area contributed by atoms with Gasteiger partial charge in [-0.15, -0.1) is 0 Å². The average molecular weight is 1620 g/mol. The average Bonchev–Trinajstić information content (AvgIpc) is 0.749. The summed E-state index contributed by atoms with van der Waals surface area (Å²) in [6.07, 6.45) is 5.23. The summed E-state index contributed by atoms with van der Waals surface area (Å²) in [5.74, 6) is 3.05. The van der Waals surface area contributed by atoms with Gasteiger partial charge in [-0.3, -0.25) is 0 Å². The van der Waals surface area contributed by atoms with Crippen molar-refractivity contribution in [2.24, 2.45) is 0 Å². The molecule has 0 spiro atoms. The number of rotatable bonds is 28. The fraction of sp³-hybridized carbons (Fsp3) is 0.308. The normalized spacial score (nSPS) is 13.1. The Kier molecular flexibility index (Phi) is 26.5. The molecule has 1 aliphatic rings. The minimum atomic E-state index is -3.15. The molecule has 0 amide bonds. The zero-order valence-electron chi connectivity index (χ0n) is 70.1. The molecule has 0 aliphatic heterocycles. The summed E-state index contributed by atoms with van der Waals surface area (Å²) < 4.78 is 94.0. The third-order valence-electron chi connectivity index (χ3n) is 22.8. The Balaban J connectivity index is 1.02. The van der Waals surface area contributed by atoms with E-state index in [0.29, 0.717) is 76.0 Å². The summed E-state index contributed by atoms with van der Waals surface area (Å²) in [4.78, 5) is 0. The second-order valence-corrected chi connectivity index (χ2v) is 47.4. The van der Waals surface area contributed by atoms with Crippen LogP contribution in [0.5, 0.6) is 23.0 Å². The van der Waals surface area contributed by atoms with Crippen molar-refractivity contribution < 1.29 is 37.2 Å². The van der Waals surface area contributed by atoms with Crippen molar-refractivity contribution in [2.45, 2.75) is 156 Å². The Hall–Kier alpha value is -9.24. The fourth-order valence-corrected chi connectivity index (χ4v) is 27.0. The van der Waals surface area contributed by atoms with Gasteiger partial charge in [0.2, 0.25) is 0 Å². The summed E-state index contributed by atoms with van der Waals surface area (Å²) in [7, 11) is -12.6. The van der Waals surface area contributed by atoms with Gasteiger partial charge in [0.15, 0.2) is 0 Å². The lowest BCUT2D eigenvalue weighted by Gasteiger charge is -2.29. The largest absolute Gasteiger partial charge is 0.493 e. The predicted molar refractivity (Wildman–Crippen MR) is 491 cm³/mol. The van der Waals surface area contributed by atoms with E-state index in [1.807, 2.05) is 243 Å². The molecule has 1 aliphatic carbocycles. The Morgan fingerprint density at radius 3 is 0.466 bits per heavy atom. The van der Waals surface area contributed by atoms with Crippen LogP contribution >= 0.6 is 28.6 Å². The highest BCUT2D eigenvalue weighted by molar-refractivity contribution is 7.79. The SMILES string of the molecule is CC(C)(C)c1cc2c(OCCCP(=O)(c3ccccc3)c3ccccc3)c(c1)Cc1cc(C(C)(C)C)cc(c1OCCCP(=O)(c1ccccc1)c1ccccc1)Cc1cc(C(C)(C)C)cc(c1OCCCP(=O)(c1ccccc1)c1ccccc1)Cc1cc(C(C)(C)C)cc(c1OCCCP(=O)(c1ccccc1)c1ccccc1)C2. The molecular weight excluding hydrogens is 1500 g/mol. The first kappa shape index (κ1) is 84.7. The van der Waals surface area contributed by atoms with E-state index in [1.54, 1.807) is 0 Å². The highest BCUT2D eigenvalue weighted by Crippen LogP contribution is 2.51. The zero-order chi connectivity index (χ0) is 81.9. The lowest BCUT2D eigenvalue weighted by Crippen LogP contribution is -2.20. The highest BCUT2D eigenvalue weighted by atomic mass is 31.2. The first-order valence-electron chi connectivity index (χ1n) is 41.5. The smallest absolute Gasteiger partial charge is 0.143 e. The number of fused-ring (bicyclic) bond motifs is 8. The number of hydrogen-bond acceptors (Lipinski definition) is 8. The van der Waals surface area contributed by atoms with E-state index in [0.717, 1.165) is 132 Å². The fourth-order valence-electron chi connectivity index (χ4n) is 16.2. The predicted octanol–water partition coefficient (Wildman–Crippen LogP) is 22.7. The summed E-state index contributed by atoms with van der Waals surface area (Å²) in [6, 6.07) is 98.3. The second kappa shape index (κ2) is 36.3. The van der Waals surface area contributed by atoms with Gasteiger partial charge in [-0.25, -0.2) is 0 Å². The summed E-state index contributed by atoms with van der Waals surface area (Å²) in [6.45, 7) is 28.5. The molecule has 0 saturated heterocycles. The van der Waals surface area contributed by atoms with Gasteiger partial charge >= 0.3 is 0 Å². The first-order valence-corrected chi connectivity index (χ1v) is 49.1. The van der Waals surface area contributed by atoms with Gasteiger partial charge in [-0.2, -0.15) is 0 Å². The third-order valence-corrected chi connectivity index (χ3v) is 35.6. The van der Waals surface area contributed by atoms with E-state index in [1.165, 1.54) is 0 Å². The molecule has 12 aromatic carbocycles.